The summed E-state index contributed by atoms with van der Waals surface area (Å²) < 4.78 is 11.0. The minimum Gasteiger partial charge on any atom is -0.379 e. The van der Waals surface area contributed by atoms with Gasteiger partial charge in [0.05, 0.1) is 12.7 Å². The number of benzene rings is 1. The lowest BCUT2D eigenvalue weighted by Gasteiger charge is -2.10. The van der Waals surface area contributed by atoms with Gasteiger partial charge in [-0.1, -0.05) is 18.2 Å². The van der Waals surface area contributed by atoms with E-state index < -0.39 is 0 Å². The van der Waals surface area contributed by atoms with Crippen LogP contribution in [0, 0.1) is 0 Å². The molecule has 1 aliphatic heterocycles. The van der Waals surface area contributed by atoms with Crippen molar-refractivity contribution in [2.45, 2.75) is 25.4 Å². The zero-order chi connectivity index (χ0) is 14.0. The summed E-state index contributed by atoms with van der Waals surface area (Å²) in [5.74, 6) is 0. The van der Waals surface area contributed by atoms with Crippen molar-refractivity contribution in [2.75, 3.05) is 31.7 Å². The molecule has 2 rings (SSSR count). The van der Waals surface area contributed by atoms with E-state index >= 15 is 0 Å². The molecule has 0 radical (unpaired) electrons. The molecule has 0 saturated carbocycles. The van der Waals surface area contributed by atoms with Crippen LogP contribution in [0.3, 0.4) is 0 Å². The Bertz CT molecular complexity index is 391. The van der Waals surface area contributed by atoms with Crippen molar-refractivity contribution in [3.63, 3.8) is 0 Å². The summed E-state index contributed by atoms with van der Waals surface area (Å²) in [5.41, 5.74) is 0.791. The van der Waals surface area contributed by atoms with Crippen molar-refractivity contribution in [3.8, 4) is 0 Å². The highest BCUT2D eigenvalue weighted by atomic mass is 16.5. The predicted octanol–water partition coefficient (Wildman–Crippen LogP) is 2.39. The fourth-order valence-corrected chi connectivity index (χ4v) is 2.06. The van der Waals surface area contributed by atoms with Gasteiger partial charge in [-0.3, -0.25) is 0 Å². The number of carbonyl (C=O) groups excluding carboxylic acids is 1. The van der Waals surface area contributed by atoms with E-state index in [2.05, 4.69) is 10.6 Å². The van der Waals surface area contributed by atoms with Crippen molar-refractivity contribution >= 4 is 11.7 Å². The van der Waals surface area contributed by atoms with Gasteiger partial charge < -0.3 is 20.1 Å². The molecule has 1 aromatic carbocycles. The minimum atomic E-state index is -0.185. The van der Waals surface area contributed by atoms with E-state index in [1.165, 1.54) is 0 Å². The van der Waals surface area contributed by atoms with Crippen molar-refractivity contribution in [2.24, 2.45) is 0 Å². The van der Waals surface area contributed by atoms with Crippen molar-refractivity contribution in [3.05, 3.63) is 30.3 Å². The van der Waals surface area contributed by atoms with Crippen LogP contribution < -0.4 is 10.6 Å². The Hall–Kier alpha value is -1.59. The molecule has 2 N–H and O–H groups in total. The first-order chi connectivity index (χ1) is 9.84. The van der Waals surface area contributed by atoms with Gasteiger partial charge in [0.25, 0.3) is 0 Å². The van der Waals surface area contributed by atoms with E-state index in [1.54, 1.807) is 0 Å². The summed E-state index contributed by atoms with van der Waals surface area (Å²) in [7, 11) is 0. The third-order valence-electron chi connectivity index (χ3n) is 3.11. The van der Waals surface area contributed by atoms with Gasteiger partial charge in [-0.05, 0) is 31.4 Å². The van der Waals surface area contributed by atoms with Gasteiger partial charge in [0.1, 0.15) is 0 Å². The first-order valence-electron chi connectivity index (χ1n) is 7.14. The molecule has 0 unspecified atom stereocenters. The fourth-order valence-electron chi connectivity index (χ4n) is 2.06. The molecular formula is C15H22N2O3. The van der Waals surface area contributed by atoms with E-state index in [0.717, 1.165) is 31.6 Å². The van der Waals surface area contributed by atoms with Gasteiger partial charge in [-0.15, -0.1) is 0 Å². The zero-order valence-corrected chi connectivity index (χ0v) is 11.6. The summed E-state index contributed by atoms with van der Waals surface area (Å²) in [5, 5.41) is 5.56. The molecule has 1 atom stereocenters. The molecule has 1 heterocycles. The Labute approximate surface area is 119 Å². The molecule has 5 heteroatoms. The molecule has 110 valence electrons. The maximum atomic E-state index is 11.6. The highest BCUT2D eigenvalue weighted by Crippen LogP contribution is 2.11. The van der Waals surface area contributed by atoms with Crippen LogP contribution in [0.25, 0.3) is 0 Å². The number of amides is 2. The second-order valence-corrected chi connectivity index (χ2v) is 4.81. The molecule has 2 amide bonds. The molecule has 1 fully saturated rings. The van der Waals surface area contributed by atoms with Crippen molar-refractivity contribution < 1.29 is 14.3 Å². The molecule has 1 aliphatic rings. The maximum absolute atomic E-state index is 11.6. The Morgan fingerprint density at radius 2 is 2.20 bits per heavy atom. The number of nitrogens with one attached hydrogen (secondary N) is 2. The van der Waals surface area contributed by atoms with Gasteiger partial charge in [0, 0.05) is 25.4 Å². The molecule has 0 spiro atoms. The summed E-state index contributed by atoms with van der Waals surface area (Å²) >= 11 is 0. The van der Waals surface area contributed by atoms with Crippen molar-refractivity contribution in [1.29, 1.82) is 0 Å². The lowest BCUT2D eigenvalue weighted by atomic mass is 10.2. The van der Waals surface area contributed by atoms with E-state index in [9.17, 15) is 4.79 Å². The summed E-state index contributed by atoms with van der Waals surface area (Å²) in [6.07, 6.45) is 3.30. The molecule has 1 aromatic rings. The fraction of sp³-hybridized carbons (Fsp3) is 0.533. The Morgan fingerprint density at radius 3 is 2.95 bits per heavy atom. The highest BCUT2D eigenvalue weighted by Gasteiger charge is 2.14. The van der Waals surface area contributed by atoms with Crippen LogP contribution >= 0.6 is 0 Å². The van der Waals surface area contributed by atoms with Crippen molar-refractivity contribution in [1.82, 2.24) is 5.32 Å². The first kappa shape index (κ1) is 14.8. The van der Waals surface area contributed by atoms with Crippen LogP contribution in [-0.2, 0) is 9.47 Å². The average Bonchev–Trinajstić information content (AvgIpc) is 2.97. The van der Waals surface area contributed by atoms with Crippen LogP contribution in [0.2, 0.25) is 0 Å². The normalized spacial score (nSPS) is 17.9. The molecule has 0 aromatic heterocycles. The third kappa shape index (κ3) is 5.59. The number of carbonyl (C=O) groups is 1. The number of para-hydroxylation sites is 1. The van der Waals surface area contributed by atoms with Gasteiger partial charge in [0.2, 0.25) is 0 Å². The van der Waals surface area contributed by atoms with Gasteiger partial charge >= 0.3 is 6.03 Å². The zero-order valence-electron chi connectivity index (χ0n) is 11.6. The third-order valence-corrected chi connectivity index (χ3v) is 3.11. The average molecular weight is 278 g/mol. The number of rotatable bonds is 7. The summed E-state index contributed by atoms with van der Waals surface area (Å²) in [4.78, 5) is 11.6. The number of hydrogen-bond acceptors (Lipinski definition) is 3. The second kappa shape index (κ2) is 8.55. The topological polar surface area (TPSA) is 59.6 Å². The molecule has 0 bridgehead atoms. The molecule has 20 heavy (non-hydrogen) atoms. The van der Waals surface area contributed by atoms with Crippen LogP contribution in [0.5, 0.6) is 0 Å². The standard InChI is InChI=1S/C15H22N2O3/c18-15(17-13-6-2-1-3-7-13)16-9-5-10-19-12-14-8-4-11-20-14/h1-3,6-7,14H,4-5,8-12H2,(H2,16,17,18)/t14-/m1/s1. The summed E-state index contributed by atoms with van der Waals surface area (Å²) in [6.45, 7) is 2.76. The van der Waals surface area contributed by atoms with Crippen LogP contribution in [0.4, 0.5) is 10.5 Å². The quantitative estimate of drug-likeness (QED) is 0.753. The number of urea groups is 1. The minimum absolute atomic E-state index is 0.185. The number of anilines is 1. The Kier molecular flexibility index (Phi) is 6.34. The highest BCUT2D eigenvalue weighted by molar-refractivity contribution is 5.89. The smallest absolute Gasteiger partial charge is 0.319 e. The Balaban J connectivity index is 1.47. The van der Waals surface area contributed by atoms with Crippen LogP contribution in [-0.4, -0.2) is 38.5 Å². The molecular weight excluding hydrogens is 256 g/mol. The second-order valence-electron chi connectivity index (χ2n) is 4.81. The number of ether oxygens (including phenoxy) is 2. The van der Waals surface area contributed by atoms with Gasteiger partial charge in [0.15, 0.2) is 0 Å². The molecule has 1 saturated heterocycles. The first-order valence-corrected chi connectivity index (χ1v) is 7.14. The Morgan fingerprint density at radius 1 is 1.35 bits per heavy atom. The van der Waals surface area contributed by atoms with E-state index in [1.807, 2.05) is 30.3 Å². The van der Waals surface area contributed by atoms with Gasteiger partial charge in [-0.25, -0.2) is 4.79 Å². The van der Waals surface area contributed by atoms with Gasteiger partial charge in [-0.2, -0.15) is 0 Å². The van der Waals surface area contributed by atoms with Crippen LogP contribution in [0.1, 0.15) is 19.3 Å². The largest absolute Gasteiger partial charge is 0.379 e. The number of hydrogen-bond donors (Lipinski definition) is 2. The SMILES string of the molecule is O=C(NCCCOC[C@H]1CCCO1)Nc1ccccc1. The van der Waals surface area contributed by atoms with Crippen LogP contribution in [0.15, 0.2) is 30.3 Å². The van der Waals surface area contributed by atoms with E-state index in [4.69, 9.17) is 9.47 Å². The summed E-state index contributed by atoms with van der Waals surface area (Å²) in [6, 6.07) is 9.20. The maximum Gasteiger partial charge on any atom is 0.319 e. The monoisotopic (exact) mass is 278 g/mol. The lowest BCUT2D eigenvalue weighted by molar-refractivity contribution is 0.0168. The molecule has 5 nitrogen and oxygen atoms in total. The lowest BCUT2D eigenvalue weighted by Crippen LogP contribution is -2.30. The van der Waals surface area contributed by atoms with E-state index in [0.29, 0.717) is 19.8 Å². The van der Waals surface area contributed by atoms with E-state index in [-0.39, 0.29) is 12.1 Å². The predicted molar refractivity (Wildman–Crippen MR) is 77.9 cm³/mol. The molecule has 0 aliphatic carbocycles.